The van der Waals surface area contributed by atoms with E-state index in [1.54, 1.807) is 29.2 Å². The van der Waals surface area contributed by atoms with Crippen LogP contribution < -0.4 is 9.64 Å². The standard InChI is InChI=1S/C23H25NO4/c1-4-15(2)20-7-5-6-8-21(20)24-14-18(13-22(24)26)23(27)28-19-11-9-17(10-12-19)16(3)25/h5-12,15,18H,4,13-14H2,1-3H3/t15-,18-/m1/s1. The summed E-state index contributed by atoms with van der Waals surface area (Å²) in [6, 6.07) is 14.3. The molecule has 0 spiro atoms. The zero-order valence-corrected chi connectivity index (χ0v) is 16.5. The van der Waals surface area contributed by atoms with Gasteiger partial charge >= 0.3 is 5.97 Å². The first kappa shape index (κ1) is 19.8. The summed E-state index contributed by atoms with van der Waals surface area (Å²) in [7, 11) is 0. The number of para-hydroxylation sites is 1. The molecule has 146 valence electrons. The smallest absolute Gasteiger partial charge is 0.316 e. The monoisotopic (exact) mass is 379 g/mol. The summed E-state index contributed by atoms with van der Waals surface area (Å²) in [5.41, 5.74) is 2.55. The van der Waals surface area contributed by atoms with Crippen LogP contribution in [0.25, 0.3) is 0 Å². The van der Waals surface area contributed by atoms with Crippen molar-refractivity contribution in [1.82, 2.24) is 0 Å². The SMILES string of the molecule is CC[C@@H](C)c1ccccc1N1C[C@H](C(=O)Oc2ccc(C(C)=O)cc2)CC1=O. The van der Waals surface area contributed by atoms with Gasteiger partial charge in [-0.05, 0) is 55.2 Å². The Labute approximate surface area is 165 Å². The summed E-state index contributed by atoms with van der Waals surface area (Å²) in [6.07, 6.45) is 1.11. The van der Waals surface area contributed by atoms with Crippen LogP contribution in [0.2, 0.25) is 0 Å². The van der Waals surface area contributed by atoms with Gasteiger partial charge in [0.2, 0.25) is 5.91 Å². The number of hydrogen-bond acceptors (Lipinski definition) is 4. The van der Waals surface area contributed by atoms with Crippen LogP contribution in [0.1, 0.15) is 55.5 Å². The van der Waals surface area contributed by atoms with Crippen molar-refractivity contribution < 1.29 is 19.1 Å². The Hall–Kier alpha value is -2.95. The molecular formula is C23H25NO4. The molecule has 0 aromatic heterocycles. The van der Waals surface area contributed by atoms with Crippen molar-refractivity contribution in [1.29, 1.82) is 0 Å². The fourth-order valence-corrected chi connectivity index (χ4v) is 3.43. The number of ketones is 1. The molecule has 0 radical (unpaired) electrons. The van der Waals surface area contributed by atoms with Gasteiger partial charge in [-0.2, -0.15) is 0 Å². The van der Waals surface area contributed by atoms with Crippen molar-refractivity contribution in [2.24, 2.45) is 5.92 Å². The third-order valence-electron chi connectivity index (χ3n) is 5.31. The highest BCUT2D eigenvalue weighted by Crippen LogP contribution is 2.33. The minimum Gasteiger partial charge on any atom is -0.426 e. The predicted molar refractivity (Wildman–Crippen MR) is 108 cm³/mol. The first-order valence-corrected chi connectivity index (χ1v) is 9.62. The van der Waals surface area contributed by atoms with Gasteiger partial charge in [-0.3, -0.25) is 14.4 Å². The number of carbonyl (C=O) groups excluding carboxylic acids is 3. The summed E-state index contributed by atoms with van der Waals surface area (Å²) in [5, 5.41) is 0. The molecule has 2 atom stereocenters. The molecule has 5 nitrogen and oxygen atoms in total. The zero-order chi connectivity index (χ0) is 20.3. The summed E-state index contributed by atoms with van der Waals surface area (Å²) in [4.78, 5) is 38.2. The van der Waals surface area contributed by atoms with Crippen LogP contribution >= 0.6 is 0 Å². The number of ether oxygens (including phenoxy) is 1. The van der Waals surface area contributed by atoms with Crippen LogP contribution in [0.4, 0.5) is 5.69 Å². The van der Waals surface area contributed by atoms with E-state index in [1.165, 1.54) is 6.92 Å². The van der Waals surface area contributed by atoms with E-state index in [0.717, 1.165) is 17.7 Å². The summed E-state index contributed by atoms with van der Waals surface area (Å²) in [6.45, 7) is 6.05. The number of Topliss-reactive ketones (excluding diaryl/α,β-unsaturated/α-hetero) is 1. The Bertz CT molecular complexity index is 888. The molecule has 1 aliphatic heterocycles. The molecule has 1 aliphatic rings. The van der Waals surface area contributed by atoms with Crippen LogP contribution in [0.5, 0.6) is 5.75 Å². The highest BCUT2D eigenvalue weighted by Gasteiger charge is 2.37. The number of amides is 1. The van der Waals surface area contributed by atoms with Crippen molar-refractivity contribution in [3.63, 3.8) is 0 Å². The molecule has 1 heterocycles. The average molecular weight is 379 g/mol. The lowest BCUT2D eigenvalue weighted by atomic mass is 9.96. The van der Waals surface area contributed by atoms with E-state index in [-0.39, 0.29) is 18.1 Å². The maximum Gasteiger partial charge on any atom is 0.316 e. The van der Waals surface area contributed by atoms with E-state index < -0.39 is 11.9 Å². The molecule has 0 aliphatic carbocycles. The molecule has 0 N–H and O–H groups in total. The van der Waals surface area contributed by atoms with Gasteiger partial charge in [0.1, 0.15) is 5.75 Å². The molecular weight excluding hydrogens is 354 g/mol. The van der Waals surface area contributed by atoms with Gasteiger partial charge in [0.05, 0.1) is 5.92 Å². The second-order valence-electron chi connectivity index (χ2n) is 7.28. The summed E-state index contributed by atoms with van der Waals surface area (Å²) >= 11 is 0. The quantitative estimate of drug-likeness (QED) is 0.425. The summed E-state index contributed by atoms with van der Waals surface area (Å²) in [5.74, 6) is -0.340. The fraction of sp³-hybridized carbons (Fsp3) is 0.348. The van der Waals surface area contributed by atoms with Gasteiger partial charge < -0.3 is 9.64 Å². The van der Waals surface area contributed by atoms with Crippen molar-refractivity contribution in [2.45, 2.75) is 39.5 Å². The van der Waals surface area contributed by atoms with Gasteiger partial charge in [-0.1, -0.05) is 32.0 Å². The van der Waals surface area contributed by atoms with Crippen LogP contribution in [-0.2, 0) is 9.59 Å². The van der Waals surface area contributed by atoms with Crippen LogP contribution in [0, 0.1) is 5.92 Å². The molecule has 2 aromatic carbocycles. The van der Waals surface area contributed by atoms with E-state index in [9.17, 15) is 14.4 Å². The number of rotatable bonds is 6. The van der Waals surface area contributed by atoms with Crippen LogP contribution in [-0.4, -0.2) is 24.2 Å². The molecule has 3 rings (SSSR count). The van der Waals surface area contributed by atoms with Gasteiger partial charge in [-0.25, -0.2) is 0 Å². The number of hydrogen-bond donors (Lipinski definition) is 0. The normalized spacial score (nSPS) is 17.5. The zero-order valence-electron chi connectivity index (χ0n) is 16.5. The number of anilines is 1. The second-order valence-corrected chi connectivity index (χ2v) is 7.28. The summed E-state index contributed by atoms with van der Waals surface area (Å²) < 4.78 is 5.44. The van der Waals surface area contributed by atoms with Gasteiger partial charge in [0, 0.05) is 24.2 Å². The molecule has 1 amide bonds. The van der Waals surface area contributed by atoms with Crippen LogP contribution in [0.15, 0.2) is 48.5 Å². The molecule has 0 unspecified atom stereocenters. The van der Waals surface area contributed by atoms with E-state index in [0.29, 0.717) is 23.8 Å². The lowest BCUT2D eigenvalue weighted by molar-refractivity contribution is -0.139. The van der Waals surface area contributed by atoms with E-state index in [2.05, 4.69) is 13.8 Å². The Balaban J connectivity index is 1.72. The maximum absolute atomic E-state index is 12.6. The van der Waals surface area contributed by atoms with Crippen molar-refractivity contribution in [3.8, 4) is 5.75 Å². The molecule has 28 heavy (non-hydrogen) atoms. The minimum absolute atomic E-state index is 0.0464. The van der Waals surface area contributed by atoms with Crippen molar-refractivity contribution in [2.75, 3.05) is 11.4 Å². The molecule has 1 saturated heterocycles. The highest BCUT2D eigenvalue weighted by molar-refractivity contribution is 6.00. The second kappa shape index (κ2) is 8.38. The predicted octanol–water partition coefficient (Wildman–Crippen LogP) is 4.36. The Morgan fingerprint density at radius 1 is 1.14 bits per heavy atom. The third-order valence-corrected chi connectivity index (χ3v) is 5.31. The number of benzene rings is 2. The first-order valence-electron chi connectivity index (χ1n) is 9.62. The third kappa shape index (κ3) is 4.14. The van der Waals surface area contributed by atoms with Crippen molar-refractivity contribution >= 4 is 23.3 Å². The van der Waals surface area contributed by atoms with E-state index in [4.69, 9.17) is 4.74 Å². The van der Waals surface area contributed by atoms with Gasteiger partial charge in [0.15, 0.2) is 5.78 Å². The van der Waals surface area contributed by atoms with E-state index in [1.807, 2.05) is 24.3 Å². The lowest BCUT2D eigenvalue weighted by Crippen LogP contribution is -2.28. The largest absolute Gasteiger partial charge is 0.426 e. The Kier molecular flexibility index (Phi) is 5.93. The van der Waals surface area contributed by atoms with Gasteiger partial charge in [-0.15, -0.1) is 0 Å². The topological polar surface area (TPSA) is 63.7 Å². The van der Waals surface area contributed by atoms with E-state index >= 15 is 0 Å². The number of carbonyl (C=O) groups is 3. The fourth-order valence-electron chi connectivity index (χ4n) is 3.43. The number of esters is 1. The molecule has 0 saturated carbocycles. The van der Waals surface area contributed by atoms with Crippen molar-refractivity contribution in [3.05, 3.63) is 59.7 Å². The molecule has 2 aromatic rings. The Morgan fingerprint density at radius 2 is 1.82 bits per heavy atom. The van der Waals surface area contributed by atoms with Gasteiger partial charge in [0.25, 0.3) is 0 Å². The first-order chi connectivity index (χ1) is 13.4. The average Bonchev–Trinajstić information content (AvgIpc) is 3.09. The Morgan fingerprint density at radius 3 is 2.46 bits per heavy atom. The minimum atomic E-state index is -0.509. The maximum atomic E-state index is 12.6. The number of nitrogens with zero attached hydrogens (tertiary/aromatic N) is 1. The van der Waals surface area contributed by atoms with Crippen LogP contribution in [0.3, 0.4) is 0 Å². The lowest BCUT2D eigenvalue weighted by Gasteiger charge is -2.23. The highest BCUT2D eigenvalue weighted by atomic mass is 16.5. The molecule has 0 bridgehead atoms. The molecule has 5 heteroatoms. The molecule has 1 fully saturated rings.